The molecule has 0 spiro atoms. The van der Waals surface area contributed by atoms with Gasteiger partial charge in [0.05, 0.1) is 12.0 Å². The highest BCUT2D eigenvalue weighted by Crippen LogP contribution is 2.21. The molecule has 1 fully saturated rings. The van der Waals surface area contributed by atoms with Crippen LogP contribution in [0, 0.1) is 5.92 Å². The van der Waals surface area contributed by atoms with E-state index < -0.39 is 0 Å². The summed E-state index contributed by atoms with van der Waals surface area (Å²) in [6.45, 7) is 5.66. The van der Waals surface area contributed by atoms with Crippen LogP contribution in [0.25, 0.3) is 0 Å². The van der Waals surface area contributed by atoms with E-state index in [1.54, 1.807) is 12.0 Å². The second kappa shape index (κ2) is 8.68. The molecular formula is C18H26N2O4. The van der Waals surface area contributed by atoms with Gasteiger partial charge in [-0.2, -0.15) is 0 Å². The van der Waals surface area contributed by atoms with Crippen LogP contribution in [0.5, 0.6) is 5.75 Å². The highest BCUT2D eigenvalue weighted by atomic mass is 16.5. The van der Waals surface area contributed by atoms with E-state index in [-0.39, 0.29) is 30.3 Å². The lowest BCUT2D eigenvalue weighted by Gasteiger charge is -2.16. The molecular weight excluding hydrogens is 308 g/mol. The maximum absolute atomic E-state index is 12.4. The van der Waals surface area contributed by atoms with E-state index >= 15 is 0 Å². The Bertz CT molecular complexity index is 557. The van der Waals surface area contributed by atoms with Crippen LogP contribution in [-0.2, 0) is 14.3 Å². The van der Waals surface area contributed by atoms with Crippen LogP contribution in [0.2, 0.25) is 0 Å². The standard InChI is InChI=1S/C18H26N2O4/c1-13(2)24-16-7-5-15(6-8-16)19-18(22)14-11-17(21)20(12-14)9-4-10-23-3/h5-8,13-14H,4,9-12H2,1-3H3,(H,19,22). The summed E-state index contributed by atoms with van der Waals surface area (Å²) in [4.78, 5) is 26.1. The normalized spacial score (nSPS) is 17.4. The number of amides is 2. The first kappa shape index (κ1) is 18.3. The van der Waals surface area contributed by atoms with Crippen LogP contribution in [0.15, 0.2) is 24.3 Å². The molecule has 0 aliphatic carbocycles. The van der Waals surface area contributed by atoms with E-state index in [4.69, 9.17) is 9.47 Å². The van der Waals surface area contributed by atoms with Crippen molar-refractivity contribution in [3.63, 3.8) is 0 Å². The average Bonchev–Trinajstić information content (AvgIpc) is 2.90. The van der Waals surface area contributed by atoms with Crippen molar-refractivity contribution in [2.75, 3.05) is 32.1 Å². The molecule has 1 atom stereocenters. The van der Waals surface area contributed by atoms with Crippen LogP contribution in [0.1, 0.15) is 26.7 Å². The fourth-order valence-electron chi connectivity index (χ4n) is 2.70. The Morgan fingerprint density at radius 1 is 1.33 bits per heavy atom. The van der Waals surface area contributed by atoms with E-state index in [0.717, 1.165) is 12.2 Å². The summed E-state index contributed by atoms with van der Waals surface area (Å²) in [7, 11) is 1.64. The molecule has 24 heavy (non-hydrogen) atoms. The van der Waals surface area contributed by atoms with Gasteiger partial charge in [0, 0.05) is 38.9 Å². The molecule has 6 nitrogen and oxygen atoms in total. The molecule has 0 saturated carbocycles. The van der Waals surface area contributed by atoms with Gasteiger partial charge in [0.1, 0.15) is 5.75 Å². The van der Waals surface area contributed by atoms with Crippen LogP contribution >= 0.6 is 0 Å². The number of hydrogen-bond acceptors (Lipinski definition) is 4. The molecule has 1 aromatic rings. The number of nitrogens with one attached hydrogen (secondary N) is 1. The van der Waals surface area contributed by atoms with Crippen LogP contribution < -0.4 is 10.1 Å². The molecule has 0 radical (unpaired) electrons. The maximum Gasteiger partial charge on any atom is 0.229 e. The van der Waals surface area contributed by atoms with Gasteiger partial charge < -0.3 is 19.7 Å². The summed E-state index contributed by atoms with van der Waals surface area (Å²) in [6.07, 6.45) is 1.17. The summed E-state index contributed by atoms with van der Waals surface area (Å²) >= 11 is 0. The molecule has 0 aromatic heterocycles. The van der Waals surface area contributed by atoms with Crippen molar-refractivity contribution in [2.45, 2.75) is 32.8 Å². The van der Waals surface area contributed by atoms with Gasteiger partial charge in [-0.3, -0.25) is 9.59 Å². The Kier molecular flexibility index (Phi) is 6.61. The summed E-state index contributed by atoms with van der Waals surface area (Å²) in [5, 5.41) is 2.87. The third-order valence-corrected chi connectivity index (χ3v) is 3.86. The van der Waals surface area contributed by atoms with Gasteiger partial charge in [0.2, 0.25) is 11.8 Å². The average molecular weight is 334 g/mol. The van der Waals surface area contributed by atoms with Crippen LogP contribution in [-0.4, -0.2) is 49.6 Å². The lowest BCUT2D eigenvalue weighted by Crippen LogP contribution is -2.29. The first-order chi connectivity index (χ1) is 11.5. The number of methoxy groups -OCH3 is 1. The molecule has 1 aromatic carbocycles. The number of anilines is 1. The zero-order valence-corrected chi connectivity index (χ0v) is 14.6. The van der Waals surface area contributed by atoms with Gasteiger partial charge in [-0.15, -0.1) is 0 Å². The minimum Gasteiger partial charge on any atom is -0.491 e. The zero-order valence-electron chi connectivity index (χ0n) is 14.6. The lowest BCUT2D eigenvalue weighted by molar-refractivity contribution is -0.128. The number of ether oxygens (including phenoxy) is 2. The maximum atomic E-state index is 12.4. The lowest BCUT2D eigenvalue weighted by atomic mass is 10.1. The first-order valence-corrected chi connectivity index (χ1v) is 8.34. The molecule has 1 unspecified atom stereocenters. The Morgan fingerprint density at radius 2 is 2.04 bits per heavy atom. The number of nitrogens with zero attached hydrogens (tertiary/aromatic N) is 1. The number of likely N-dealkylation sites (tertiary alicyclic amines) is 1. The molecule has 0 bridgehead atoms. The second-order valence-electron chi connectivity index (χ2n) is 6.27. The third kappa shape index (κ3) is 5.23. The highest BCUT2D eigenvalue weighted by Gasteiger charge is 2.33. The minimum atomic E-state index is -0.299. The molecule has 1 aliphatic heterocycles. The molecule has 2 rings (SSSR count). The largest absolute Gasteiger partial charge is 0.491 e. The minimum absolute atomic E-state index is 0.0342. The second-order valence-corrected chi connectivity index (χ2v) is 6.27. The molecule has 1 saturated heterocycles. The number of carbonyl (C=O) groups is 2. The van der Waals surface area contributed by atoms with Gasteiger partial charge in [0.25, 0.3) is 0 Å². The number of carbonyl (C=O) groups excluding carboxylic acids is 2. The van der Waals surface area contributed by atoms with E-state index in [9.17, 15) is 9.59 Å². The van der Waals surface area contributed by atoms with E-state index in [0.29, 0.717) is 25.4 Å². The van der Waals surface area contributed by atoms with Crippen molar-refractivity contribution in [1.82, 2.24) is 4.90 Å². The van der Waals surface area contributed by atoms with Crippen LogP contribution in [0.3, 0.4) is 0 Å². The van der Waals surface area contributed by atoms with Gasteiger partial charge >= 0.3 is 0 Å². The Morgan fingerprint density at radius 3 is 2.67 bits per heavy atom. The van der Waals surface area contributed by atoms with Crippen molar-refractivity contribution < 1.29 is 19.1 Å². The van der Waals surface area contributed by atoms with E-state index in [2.05, 4.69) is 5.32 Å². The Labute approximate surface area is 143 Å². The predicted octanol–water partition coefficient (Wildman–Crippen LogP) is 2.30. The summed E-state index contributed by atoms with van der Waals surface area (Å²) in [5.41, 5.74) is 0.710. The Hall–Kier alpha value is -2.08. The van der Waals surface area contributed by atoms with Crippen molar-refractivity contribution in [3.05, 3.63) is 24.3 Å². The summed E-state index contributed by atoms with van der Waals surface area (Å²) in [5.74, 6) is 0.386. The molecule has 1 N–H and O–H groups in total. The monoisotopic (exact) mass is 334 g/mol. The topological polar surface area (TPSA) is 67.9 Å². The first-order valence-electron chi connectivity index (χ1n) is 8.34. The summed E-state index contributed by atoms with van der Waals surface area (Å²) < 4.78 is 10.6. The SMILES string of the molecule is COCCCN1CC(C(=O)Nc2ccc(OC(C)C)cc2)CC1=O. The number of benzene rings is 1. The molecule has 2 amide bonds. The fraction of sp³-hybridized carbons (Fsp3) is 0.556. The van der Waals surface area contributed by atoms with Gasteiger partial charge in [-0.05, 0) is 44.5 Å². The van der Waals surface area contributed by atoms with E-state index in [1.807, 2.05) is 38.1 Å². The quantitative estimate of drug-likeness (QED) is 0.741. The molecule has 1 heterocycles. The Balaban J connectivity index is 1.85. The zero-order chi connectivity index (χ0) is 17.5. The fourth-order valence-corrected chi connectivity index (χ4v) is 2.70. The predicted molar refractivity (Wildman–Crippen MR) is 92.0 cm³/mol. The van der Waals surface area contributed by atoms with Gasteiger partial charge in [0.15, 0.2) is 0 Å². The summed E-state index contributed by atoms with van der Waals surface area (Å²) in [6, 6.07) is 7.27. The molecule has 132 valence electrons. The number of hydrogen-bond donors (Lipinski definition) is 1. The third-order valence-electron chi connectivity index (χ3n) is 3.86. The molecule has 6 heteroatoms. The highest BCUT2D eigenvalue weighted by molar-refractivity contribution is 5.97. The van der Waals surface area contributed by atoms with Crippen molar-refractivity contribution in [2.24, 2.45) is 5.92 Å². The van der Waals surface area contributed by atoms with Gasteiger partial charge in [-0.25, -0.2) is 0 Å². The van der Waals surface area contributed by atoms with Crippen molar-refractivity contribution in [3.8, 4) is 5.75 Å². The smallest absolute Gasteiger partial charge is 0.229 e. The van der Waals surface area contributed by atoms with Crippen molar-refractivity contribution in [1.29, 1.82) is 0 Å². The van der Waals surface area contributed by atoms with E-state index in [1.165, 1.54) is 0 Å². The molecule has 1 aliphatic rings. The van der Waals surface area contributed by atoms with Crippen LogP contribution in [0.4, 0.5) is 5.69 Å². The van der Waals surface area contributed by atoms with Gasteiger partial charge in [-0.1, -0.05) is 0 Å². The van der Waals surface area contributed by atoms with Crippen molar-refractivity contribution >= 4 is 17.5 Å². The number of rotatable bonds is 8.